The van der Waals surface area contributed by atoms with Crippen molar-refractivity contribution >= 4 is 21.6 Å². The van der Waals surface area contributed by atoms with Crippen molar-refractivity contribution in [1.29, 1.82) is 0 Å². The van der Waals surface area contributed by atoms with Crippen LogP contribution in [-0.2, 0) is 14.8 Å². The first kappa shape index (κ1) is 15.6. The van der Waals surface area contributed by atoms with E-state index in [2.05, 4.69) is 5.32 Å². The molecule has 0 radical (unpaired) electrons. The summed E-state index contributed by atoms with van der Waals surface area (Å²) in [5.41, 5.74) is 0.197. The van der Waals surface area contributed by atoms with Crippen molar-refractivity contribution in [3.8, 4) is 0 Å². The molecule has 106 valence electrons. The number of sulfonamides is 1. The highest BCUT2D eigenvalue weighted by atomic mass is 32.2. The molecule has 0 fully saturated rings. The molecule has 1 aromatic carbocycles. The van der Waals surface area contributed by atoms with Crippen LogP contribution in [0.5, 0.6) is 0 Å². The van der Waals surface area contributed by atoms with Gasteiger partial charge in [0.15, 0.2) is 0 Å². The lowest BCUT2D eigenvalue weighted by molar-refractivity contribution is -0.120. The zero-order valence-electron chi connectivity index (χ0n) is 11.0. The lowest BCUT2D eigenvalue weighted by Crippen LogP contribution is -2.24. The number of hydrogen-bond acceptors (Lipinski definition) is 3. The highest BCUT2D eigenvalue weighted by Gasteiger charge is 2.18. The summed E-state index contributed by atoms with van der Waals surface area (Å²) >= 11 is 0. The molecule has 1 aromatic rings. The smallest absolute Gasteiger partial charge is 0.240 e. The molecular formula is C12H17FN2O3S. The molecule has 1 atom stereocenters. The molecule has 1 unspecified atom stereocenters. The van der Waals surface area contributed by atoms with E-state index in [0.29, 0.717) is 0 Å². The standard InChI is InChI=1S/C12H17FN2O3S/c1-7(2)8(3)12(16)15-9-4-5-11(10(13)6-9)19(14,17)18/h4-8H,1-3H3,(H,15,16)(H2,14,17,18). The summed E-state index contributed by atoms with van der Waals surface area (Å²) in [6, 6.07) is 3.26. The molecule has 19 heavy (non-hydrogen) atoms. The van der Waals surface area contributed by atoms with E-state index in [9.17, 15) is 17.6 Å². The van der Waals surface area contributed by atoms with E-state index in [-0.39, 0.29) is 23.4 Å². The number of nitrogens with one attached hydrogen (secondary N) is 1. The first-order valence-corrected chi connectivity index (χ1v) is 7.30. The molecule has 0 saturated heterocycles. The Morgan fingerprint density at radius 2 is 1.89 bits per heavy atom. The van der Waals surface area contributed by atoms with E-state index >= 15 is 0 Å². The number of anilines is 1. The summed E-state index contributed by atoms with van der Waals surface area (Å²) in [5.74, 6) is -1.33. The highest BCUT2D eigenvalue weighted by molar-refractivity contribution is 7.89. The number of rotatable bonds is 4. The van der Waals surface area contributed by atoms with Crippen LogP contribution < -0.4 is 10.5 Å². The molecule has 0 spiro atoms. The van der Waals surface area contributed by atoms with Crippen LogP contribution in [0.3, 0.4) is 0 Å². The predicted octanol–water partition coefficient (Wildman–Crippen LogP) is 1.70. The van der Waals surface area contributed by atoms with Gasteiger partial charge in [-0.25, -0.2) is 17.9 Å². The van der Waals surface area contributed by atoms with Gasteiger partial charge in [-0.05, 0) is 24.1 Å². The van der Waals surface area contributed by atoms with Gasteiger partial charge in [-0.3, -0.25) is 4.79 Å². The fourth-order valence-electron chi connectivity index (χ4n) is 1.37. The van der Waals surface area contributed by atoms with Crippen molar-refractivity contribution < 1.29 is 17.6 Å². The van der Waals surface area contributed by atoms with Gasteiger partial charge in [0.25, 0.3) is 0 Å². The summed E-state index contributed by atoms with van der Waals surface area (Å²) in [4.78, 5) is 11.2. The summed E-state index contributed by atoms with van der Waals surface area (Å²) in [7, 11) is -4.10. The number of benzene rings is 1. The molecular weight excluding hydrogens is 271 g/mol. The van der Waals surface area contributed by atoms with Crippen LogP contribution in [0.15, 0.2) is 23.1 Å². The van der Waals surface area contributed by atoms with E-state index in [0.717, 1.165) is 12.1 Å². The number of halogens is 1. The van der Waals surface area contributed by atoms with Gasteiger partial charge in [-0.2, -0.15) is 0 Å². The van der Waals surface area contributed by atoms with Crippen LogP contribution >= 0.6 is 0 Å². The first-order valence-electron chi connectivity index (χ1n) is 5.76. The van der Waals surface area contributed by atoms with Crippen LogP contribution in [0.25, 0.3) is 0 Å². The van der Waals surface area contributed by atoms with Crippen LogP contribution in [-0.4, -0.2) is 14.3 Å². The van der Waals surface area contributed by atoms with Crippen molar-refractivity contribution in [2.24, 2.45) is 17.0 Å². The van der Waals surface area contributed by atoms with Gasteiger partial charge in [0, 0.05) is 11.6 Å². The number of carbonyl (C=O) groups is 1. The second-order valence-electron chi connectivity index (χ2n) is 4.71. The van der Waals surface area contributed by atoms with Gasteiger partial charge in [0.2, 0.25) is 15.9 Å². The minimum Gasteiger partial charge on any atom is -0.326 e. The summed E-state index contributed by atoms with van der Waals surface area (Å²) < 4.78 is 35.6. The van der Waals surface area contributed by atoms with Gasteiger partial charge >= 0.3 is 0 Å². The number of hydrogen-bond donors (Lipinski definition) is 2. The van der Waals surface area contributed by atoms with Crippen LogP contribution in [0.1, 0.15) is 20.8 Å². The van der Waals surface area contributed by atoms with Crippen molar-refractivity contribution in [2.75, 3.05) is 5.32 Å². The van der Waals surface area contributed by atoms with Crippen molar-refractivity contribution in [3.05, 3.63) is 24.0 Å². The van der Waals surface area contributed by atoms with Gasteiger partial charge in [-0.15, -0.1) is 0 Å². The lowest BCUT2D eigenvalue weighted by Gasteiger charge is -2.15. The molecule has 0 saturated carbocycles. The quantitative estimate of drug-likeness (QED) is 0.883. The normalized spacial score (nSPS) is 13.4. The molecule has 3 N–H and O–H groups in total. The average molecular weight is 288 g/mol. The molecule has 0 aromatic heterocycles. The maximum Gasteiger partial charge on any atom is 0.240 e. The van der Waals surface area contributed by atoms with Crippen molar-refractivity contribution in [1.82, 2.24) is 0 Å². The Bertz CT molecular complexity index is 585. The third-order valence-corrected chi connectivity index (χ3v) is 3.86. The Hall–Kier alpha value is -1.47. The molecule has 7 heteroatoms. The van der Waals surface area contributed by atoms with Gasteiger partial charge in [0.05, 0.1) is 0 Å². The molecule has 1 rings (SSSR count). The van der Waals surface area contributed by atoms with E-state index in [1.165, 1.54) is 6.07 Å². The minimum atomic E-state index is -4.10. The Labute approximate surface area is 112 Å². The number of amides is 1. The number of primary sulfonamides is 1. The predicted molar refractivity (Wildman–Crippen MR) is 70.4 cm³/mol. The average Bonchev–Trinajstić information content (AvgIpc) is 2.25. The summed E-state index contributed by atoms with van der Waals surface area (Å²) in [6.07, 6.45) is 0. The SMILES string of the molecule is CC(C)C(C)C(=O)Nc1ccc(S(N)(=O)=O)c(F)c1. The number of carbonyl (C=O) groups excluding carboxylic acids is 1. The molecule has 0 aliphatic rings. The molecule has 1 amide bonds. The maximum absolute atomic E-state index is 13.5. The summed E-state index contributed by atoms with van der Waals surface area (Å²) in [5, 5.41) is 7.37. The minimum absolute atomic E-state index is 0.147. The van der Waals surface area contributed by atoms with Crippen LogP contribution in [0.2, 0.25) is 0 Å². The van der Waals surface area contributed by atoms with Gasteiger partial charge < -0.3 is 5.32 Å². The zero-order valence-corrected chi connectivity index (χ0v) is 11.8. The van der Waals surface area contributed by atoms with Crippen molar-refractivity contribution in [3.63, 3.8) is 0 Å². The Kier molecular flexibility index (Phi) is 4.65. The Morgan fingerprint density at radius 1 is 1.32 bits per heavy atom. The first-order chi connectivity index (χ1) is 8.62. The topological polar surface area (TPSA) is 89.3 Å². The molecule has 0 heterocycles. The fourth-order valence-corrected chi connectivity index (χ4v) is 1.96. The monoisotopic (exact) mass is 288 g/mol. The second-order valence-corrected chi connectivity index (χ2v) is 6.24. The van der Waals surface area contributed by atoms with E-state index in [1.807, 2.05) is 13.8 Å². The maximum atomic E-state index is 13.5. The van der Waals surface area contributed by atoms with Crippen LogP contribution in [0, 0.1) is 17.7 Å². The van der Waals surface area contributed by atoms with E-state index in [1.54, 1.807) is 6.92 Å². The van der Waals surface area contributed by atoms with E-state index in [4.69, 9.17) is 5.14 Å². The third-order valence-electron chi connectivity index (χ3n) is 2.92. The largest absolute Gasteiger partial charge is 0.326 e. The Morgan fingerprint density at radius 3 is 2.32 bits per heavy atom. The van der Waals surface area contributed by atoms with E-state index < -0.39 is 20.7 Å². The molecule has 0 bridgehead atoms. The Balaban J connectivity index is 2.95. The number of nitrogens with two attached hydrogens (primary N) is 1. The highest BCUT2D eigenvalue weighted by Crippen LogP contribution is 2.19. The summed E-state index contributed by atoms with van der Waals surface area (Å²) in [6.45, 7) is 5.55. The molecule has 0 aliphatic heterocycles. The van der Waals surface area contributed by atoms with Gasteiger partial charge in [-0.1, -0.05) is 20.8 Å². The van der Waals surface area contributed by atoms with Crippen LogP contribution in [0.4, 0.5) is 10.1 Å². The van der Waals surface area contributed by atoms with Gasteiger partial charge in [0.1, 0.15) is 10.7 Å². The van der Waals surface area contributed by atoms with Crippen molar-refractivity contribution in [2.45, 2.75) is 25.7 Å². The third kappa shape index (κ3) is 4.00. The zero-order chi connectivity index (χ0) is 14.8. The second kappa shape index (κ2) is 5.66. The fraction of sp³-hybridized carbons (Fsp3) is 0.417. The lowest BCUT2D eigenvalue weighted by atomic mass is 9.97. The molecule has 5 nitrogen and oxygen atoms in total. The molecule has 0 aliphatic carbocycles.